The Kier molecular flexibility index (Phi) is 8.78. The molecule has 1 amide bonds. The Bertz CT molecular complexity index is 1380. The third-order valence-corrected chi connectivity index (χ3v) is 5.78. The number of nitro benzene ring substituents is 1. The summed E-state index contributed by atoms with van der Waals surface area (Å²) < 4.78 is 11.2. The lowest BCUT2D eigenvalue weighted by Crippen LogP contribution is -2.14. The molecular formula is C25H18Cl3N3O5. The number of aryl methyl sites for hydroxylation is 1. The second kappa shape index (κ2) is 11.8. The number of non-ortho nitro benzene ring substituents is 1. The Balaban J connectivity index is 1.84. The van der Waals surface area contributed by atoms with E-state index in [0.717, 1.165) is 23.3 Å². The normalized spacial score (nSPS) is 10.9. The van der Waals surface area contributed by atoms with Crippen molar-refractivity contribution in [3.63, 3.8) is 0 Å². The molecule has 0 fully saturated rings. The molecule has 3 aromatic carbocycles. The first-order chi connectivity index (χ1) is 17.1. The number of hydrogen-bond acceptors (Lipinski definition) is 6. The minimum absolute atomic E-state index is 0.0643. The summed E-state index contributed by atoms with van der Waals surface area (Å²) >= 11 is 18.5. The molecule has 11 heteroatoms. The summed E-state index contributed by atoms with van der Waals surface area (Å²) in [6.45, 7) is 2.25. The highest BCUT2D eigenvalue weighted by molar-refractivity contribution is 6.40. The highest BCUT2D eigenvalue weighted by Crippen LogP contribution is 2.38. The van der Waals surface area contributed by atoms with Crippen molar-refractivity contribution in [2.75, 3.05) is 12.4 Å². The Morgan fingerprint density at radius 1 is 1.11 bits per heavy atom. The largest absolute Gasteiger partial charge is 0.493 e. The van der Waals surface area contributed by atoms with Crippen LogP contribution in [0.2, 0.25) is 15.1 Å². The van der Waals surface area contributed by atoms with Crippen molar-refractivity contribution >= 4 is 58.2 Å². The van der Waals surface area contributed by atoms with Crippen LogP contribution in [0.25, 0.3) is 6.08 Å². The van der Waals surface area contributed by atoms with Gasteiger partial charge in [0.15, 0.2) is 11.5 Å². The van der Waals surface area contributed by atoms with Crippen molar-refractivity contribution in [3.05, 3.63) is 96.0 Å². The summed E-state index contributed by atoms with van der Waals surface area (Å²) in [5, 5.41) is 22.8. The maximum atomic E-state index is 12.7. The van der Waals surface area contributed by atoms with Crippen LogP contribution >= 0.6 is 34.8 Å². The number of hydrogen-bond donors (Lipinski definition) is 1. The average Bonchev–Trinajstić information content (AvgIpc) is 2.84. The second-order valence-corrected chi connectivity index (χ2v) is 8.70. The van der Waals surface area contributed by atoms with Gasteiger partial charge >= 0.3 is 0 Å². The first kappa shape index (κ1) is 26.8. The topological polar surface area (TPSA) is 114 Å². The number of nitrogens with one attached hydrogen (secondary N) is 1. The molecule has 0 aromatic heterocycles. The van der Waals surface area contributed by atoms with Crippen molar-refractivity contribution in [1.29, 1.82) is 5.26 Å². The number of nitrogens with zero attached hydrogens (tertiary/aromatic N) is 2. The Labute approximate surface area is 221 Å². The molecule has 8 nitrogen and oxygen atoms in total. The Morgan fingerprint density at radius 3 is 2.31 bits per heavy atom. The number of carbonyl (C=O) groups excluding carboxylic acids is 1. The number of nitriles is 1. The van der Waals surface area contributed by atoms with Gasteiger partial charge in [-0.15, -0.1) is 0 Å². The lowest BCUT2D eigenvalue weighted by atomic mass is 10.1. The average molecular weight is 547 g/mol. The molecule has 3 rings (SSSR count). The summed E-state index contributed by atoms with van der Waals surface area (Å²) in [6.07, 6.45) is 1.29. The SMILES string of the molecule is COc1cc(/C=C(\C#N)C(=O)Nc2c(Cl)cc([N+](=O)[O-])cc2Cl)cc(Cl)c1OCc1ccc(C)cc1. The van der Waals surface area contributed by atoms with E-state index in [1.807, 2.05) is 31.2 Å². The fourth-order valence-corrected chi connectivity index (χ4v) is 3.93. The van der Waals surface area contributed by atoms with E-state index < -0.39 is 10.8 Å². The maximum Gasteiger partial charge on any atom is 0.272 e. The first-order valence-corrected chi connectivity index (χ1v) is 11.4. The highest BCUT2D eigenvalue weighted by atomic mass is 35.5. The van der Waals surface area contributed by atoms with Crippen molar-refractivity contribution in [2.45, 2.75) is 13.5 Å². The summed E-state index contributed by atoms with van der Waals surface area (Å²) in [5.74, 6) is -0.214. The molecule has 0 spiro atoms. The number of methoxy groups -OCH3 is 1. The van der Waals surface area contributed by atoms with Crippen LogP contribution in [0.1, 0.15) is 16.7 Å². The molecule has 0 aliphatic carbocycles. The van der Waals surface area contributed by atoms with E-state index in [1.54, 1.807) is 12.1 Å². The number of carbonyl (C=O) groups is 1. The molecular weight excluding hydrogens is 529 g/mol. The number of rotatable bonds is 8. The van der Waals surface area contributed by atoms with E-state index in [9.17, 15) is 20.2 Å². The van der Waals surface area contributed by atoms with Gasteiger partial charge in [0, 0.05) is 12.1 Å². The summed E-state index contributed by atoms with van der Waals surface area (Å²) in [6, 6.07) is 14.8. The molecule has 0 heterocycles. The smallest absolute Gasteiger partial charge is 0.272 e. The van der Waals surface area contributed by atoms with Crippen molar-refractivity contribution in [2.24, 2.45) is 0 Å². The molecule has 0 saturated carbocycles. The van der Waals surface area contributed by atoms with Crippen LogP contribution in [0.15, 0.2) is 54.1 Å². The Morgan fingerprint density at radius 2 is 1.75 bits per heavy atom. The summed E-state index contributed by atoms with van der Waals surface area (Å²) in [7, 11) is 1.44. The van der Waals surface area contributed by atoms with Crippen molar-refractivity contribution in [3.8, 4) is 17.6 Å². The fourth-order valence-electron chi connectivity index (χ4n) is 3.08. The van der Waals surface area contributed by atoms with E-state index in [4.69, 9.17) is 44.3 Å². The van der Waals surface area contributed by atoms with Gasteiger partial charge in [-0.1, -0.05) is 64.6 Å². The zero-order valence-electron chi connectivity index (χ0n) is 19.0. The number of amides is 1. The molecule has 0 unspecified atom stereocenters. The van der Waals surface area contributed by atoms with Crippen LogP contribution in [0.4, 0.5) is 11.4 Å². The van der Waals surface area contributed by atoms with Crippen LogP contribution in [0, 0.1) is 28.4 Å². The van der Waals surface area contributed by atoms with Gasteiger partial charge in [0.05, 0.1) is 32.8 Å². The monoisotopic (exact) mass is 545 g/mol. The zero-order valence-corrected chi connectivity index (χ0v) is 21.2. The van der Waals surface area contributed by atoms with Crippen LogP contribution in [-0.2, 0) is 11.4 Å². The van der Waals surface area contributed by atoms with Gasteiger partial charge in [0.1, 0.15) is 18.2 Å². The van der Waals surface area contributed by atoms with Crippen LogP contribution in [-0.4, -0.2) is 17.9 Å². The van der Waals surface area contributed by atoms with Gasteiger partial charge in [0.2, 0.25) is 0 Å². The van der Waals surface area contributed by atoms with Gasteiger partial charge in [-0.05, 0) is 36.3 Å². The highest BCUT2D eigenvalue weighted by Gasteiger charge is 2.19. The molecule has 0 saturated heterocycles. The molecule has 0 aliphatic heterocycles. The lowest BCUT2D eigenvalue weighted by molar-refractivity contribution is -0.384. The number of ether oxygens (including phenoxy) is 2. The molecule has 0 bridgehead atoms. The molecule has 0 radical (unpaired) electrons. The van der Waals surface area contributed by atoms with Gasteiger partial charge in [-0.2, -0.15) is 5.26 Å². The number of halogens is 3. The number of nitro groups is 1. The second-order valence-electron chi connectivity index (χ2n) is 7.47. The van der Waals surface area contributed by atoms with Crippen molar-refractivity contribution < 1.29 is 19.2 Å². The molecule has 0 atom stereocenters. The lowest BCUT2D eigenvalue weighted by Gasteiger charge is -2.14. The molecule has 36 heavy (non-hydrogen) atoms. The van der Waals surface area contributed by atoms with Gasteiger partial charge in [-0.25, -0.2) is 0 Å². The van der Waals surface area contributed by atoms with Crippen LogP contribution < -0.4 is 14.8 Å². The maximum absolute atomic E-state index is 12.7. The third-order valence-electron chi connectivity index (χ3n) is 4.91. The molecule has 0 aliphatic rings. The van der Waals surface area contributed by atoms with Gasteiger partial charge < -0.3 is 14.8 Å². The summed E-state index contributed by atoms with van der Waals surface area (Å²) in [4.78, 5) is 23.0. The predicted molar refractivity (Wildman–Crippen MR) is 139 cm³/mol. The van der Waals surface area contributed by atoms with Gasteiger partial charge in [0.25, 0.3) is 11.6 Å². The van der Waals surface area contributed by atoms with E-state index in [1.165, 1.54) is 19.3 Å². The number of benzene rings is 3. The van der Waals surface area contributed by atoms with Crippen LogP contribution in [0.3, 0.4) is 0 Å². The molecule has 1 N–H and O–H groups in total. The first-order valence-electron chi connectivity index (χ1n) is 10.3. The Hall–Kier alpha value is -3.77. The summed E-state index contributed by atoms with van der Waals surface area (Å²) in [5.41, 5.74) is 1.76. The minimum atomic E-state index is -0.829. The zero-order chi connectivity index (χ0) is 26.4. The van der Waals surface area contributed by atoms with Gasteiger partial charge in [-0.3, -0.25) is 14.9 Å². The minimum Gasteiger partial charge on any atom is -0.493 e. The van der Waals surface area contributed by atoms with Crippen molar-refractivity contribution in [1.82, 2.24) is 0 Å². The molecule has 184 valence electrons. The third kappa shape index (κ3) is 6.46. The van der Waals surface area contributed by atoms with E-state index in [2.05, 4.69) is 5.32 Å². The fraction of sp³-hybridized carbons (Fsp3) is 0.120. The number of anilines is 1. The van der Waals surface area contributed by atoms with Crippen LogP contribution in [0.5, 0.6) is 11.5 Å². The van der Waals surface area contributed by atoms with E-state index >= 15 is 0 Å². The standard InChI is InChI=1S/C25H18Cl3N3O5/c1-14-3-5-15(6-4-14)13-36-24-21(28)8-16(9-22(24)35-2)7-17(12-29)25(32)30-23-19(26)10-18(31(33)34)11-20(23)27/h3-11H,13H2,1-2H3,(H,30,32)/b17-7+. The molecule has 3 aromatic rings. The quantitative estimate of drug-likeness (QED) is 0.141. The van der Waals surface area contributed by atoms with E-state index in [0.29, 0.717) is 17.1 Å². The predicted octanol–water partition coefficient (Wildman–Crippen LogP) is 7.00. The van der Waals surface area contributed by atoms with E-state index in [-0.39, 0.29) is 38.6 Å².